The molecule has 0 aliphatic heterocycles. The fourth-order valence-corrected chi connectivity index (χ4v) is 14.2. The molecule has 2 heterocycles. The zero-order valence-corrected chi connectivity index (χ0v) is 35.8. The second-order valence-electron chi connectivity index (χ2n) is 16.1. The van der Waals surface area contributed by atoms with Gasteiger partial charge in [-0.25, -0.2) is 15.0 Å². The van der Waals surface area contributed by atoms with Crippen LogP contribution in [0.15, 0.2) is 237 Å². The monoisotopic (exact) mass is 822 g/mol. The molecule has 0 saturated heterocycles. The van der Waals surface area contributed by atoms with Gasteiger partial charge in [0, 0.05) is 33.2 Å². The van der Waals surface area contributed by atoms with Crippen LogP contribution >= 0.6 is 0 Å². The van der Waals surface area contributed by atoms with Crippen molar-refractivity contribution < 1.29 is 0 Å². The van der Waals surface area contributed by atoms with Gasteiger partial charge < -0.3 is 4.57 Å². The highest BCUT2D eigenvalue weighted by Crippen LogP contribution is 2.38. The molecule has 11 aromatic rings. The smallest absolute Gasteiger partial charge is 0.179 e. The molecule has 11 rings (SSSR count). The van der Waals surface area contributed by atoms with Gasteiger partial charge in [-0.3, -0.25) is 0 Å². The quantitative estimate of drug-likeness (QED) is 0.108. The molecule has 2 aromatic heterocycles. The average Bonchev–Trinajstić information content (AvgIpc) is 3.69. The molecule has 0 bridgehead atoms. The summed E-state index contributed by atoms with van der Waals surface area (Å²) in [6, 6.07) is 85.2. The zero-order valence-electron chi connectivity index (χ0n) is 34.8. The fraction of sp³-hybridized carbons (Fsp3) is 0.0172. The first kappa shape index (κ1) is 38.0. The molecule has 0 saturated carbocycles. The highest BCUT2D eigenvalue weighted by atomic mass is 28.3. The zero-order chi connectivity index (χ0) is 42.2. The largest absolute Gasteiger partial charge is 0.309 e. The standard InChI is InChI=1S/C58H42N4Si/c1-41-34-36-51-50-32-17-18-33-54(50)62(55(51)38-41)45-35-37-52(58-60-56(42-20-7-2-8-21-42)59-57(61-58)43-22-9-3-10-23-43)53(40-45)44-24-19-31-49(39-44)63(46-25-11-4-12-26-46,47-27-13-5-14-28-47)48-29-15-6-16-30-48/h2-40H,1H3. The minimum atomic E-state index is -2.86. The highest BCUT2D eigenvalue weighted by Gasteiger charge is 2.41. The summed E-state index contributed by atoms with van der Waals surface area (Å²) in [5.41, 5.74) is 9.53. The molecule has 298 valence electrons. The molecule has 0 N–H and O–H groups in total. The molecule has 5 heteroatoms. The summed E-state index contributed by atoms with van der Waals surface area (Å²) in [6.45, 7) is 2.17. The molecule has 0 aliphatic carbocycles. The number of para-hydroxylation sites is 1. The lowest BCUT2D eigenvalue weighted by Gasteiger charge is -2.34. The third-order valence-corrected chi connectivity index (χ3v) is 17.0. The number of hydrogen-bond donors (Lipinski definition) is 0. The van der Waals surface area contributed by atoms with E-state index in [4.69, 9.17) is 15.0 Å². The first-order valence-electron chi connectivity index (χ1n) is 21.4. The van der Waals surface area contributed by atoms with Crippen molar-refractivity contribution in [3.05, 3.63) is 242 Å². The summed E-state index contributed by atoms with van der Waals surface area (Å²) in [6.07, 6.45) is 0. The molecule has 0 fully saturated rings. The Balaban J connectivity index is 1.21. The van der Waals surface area contributed by atoms with Crippen LogP contribution < -0.4 is 20.7 Å². The van der Waals surface area contributed by atoms with E-state index in [1.165, 1.54) is 42.6 Å². The molecule has 63 heavy (non-hydrogen) atoms. The number of aryl methyl sites for hydroxylation is 1. The van der Waals surface area contributed by atoms with Crippen molar-refractivity contribution >= 4 is 50.6 Å². The van der Waals surface area contributed by atoms with Gasteiger partial charge in [-0.15, -0.1) is 0 Å². The van der Waals surface area contributed by atoms with E-state index < -0.39 is 8.07 Å². The van der Waals surface area contributed by atoms with E-state index in [0.717, 1.165) is 39.0 Å². The Bertz CT molecular complexity index is 3230. The Kier molecular flexibility index (Phi) is 9.72. The minimum absolute atomic E-state index is 0.616. The van der Waals surface area contributed by atoms with Gasteiger partial charge in [0.25, 0.3) is 0 Å². The van der Waals surface area contributed by atoms with Crippen molar-refractivity contribution in [1.29, 1.82) is 0 Å². The van der Waals surface area contributed by atoms with Crippen LogP contribution in [0.5, 0.6) is 0 Å². The summed E-state index contributed by atoms with van der Waals surface area (Å²) < 4.78 is 2.41. The molecule has 0 spiro atoms. The molecule has 0 amide bonds. The fourth-order valence-electron chi connectivity index (χ4n) is 9.38. The normalized spacial score (nSPS) is 11.6. The Morgan fingerprint density at radius 3 is 1.40 bits per heavy atom. The molecule has 0 atom stereocenters. The Labute approximate surface area is 368 Å². The van der Waals surface area contributed by atoms with E-state index in [1.54, 1.807) is 0 Å². The van der Waals surface area contributed by atoms with Crippen LogP contribution in [0.25, 0.3) is 72.8 Å². The van der Waals surface area contributed by atoms with Gasteiger partial charge >= 0.3 is 0 Å². The Morgan fingerprint density at radius 2 is 0.810 bits per heavy atom. The molecular formula is C58H42N4Si. The van der Waals surface area contributed by atoms with Gasteiger partial charge in [0.05, 0.1) is 11.0 Å². The van der Waals surface area contributed by atoms with Crippen molar-refractivity contribution in [2.24, 2.45) is 0 Å². The van der Waals surface area contributed by atoms with E-state index in [2.05, 4.69) is 212 Å². The lowest BCUT2D eigenvalue weighted by Crippen LogP contribution is -2.74. The van der Waals surface area contributed by atoms with Gasteiger partial charge in [-0.2, -0.15) is 0 Å². The molecule has 9 aromatic carbocycles. The molecule has 0 aliphatic rings. The average molecular weight is 823 g/mol. The van der Waals surface area contributed by atoms with E-state index in [1.807, 2.05) is 36.4 Å². The van der Waals surface area contributed by atoms with Crippen molar-refractivity contribution in [3.63, 3.8) is 0 Å². The van der Waals surface area contributed by atoms with E-state index in [0.29, 0.717) is 17.5 Å². The number of benzene rings is 9. The molecule has 4 nitrogen and oxygen atoms in total. The van der Waals surface area contributed by atoms with Gasteiger partial charge in [-0.05, 0) is 74.7 Å². The van der Waals surface area contributed by atoms with E-state index in [-0.39, 0.29) is 0 Å². The van der Waals surface area contributed by atoms with Crippen LogP contribution in [-0.2, 0) is 0 Å². The van der Waals surface area contributed by atoms with Gasteiger partial charge in [-0.1, -0.05) is 206 Å². The Morgan fingerprint density at radius 1 is 0.333 bits per heavy atom. The lowest BCUT2D eigenvalue weighted by atomic mass is 9.98. The first-order chi connectivity index (χ1) is 31.1. The molecular weight excluding hydrogens is 781 g/mol. The Hall–Kier alpha value is -7.99. The van der Waals surface area contributed by atoms with Crippen molar-refractivity contribution in [2.75, 3.05) is 0 Å². The highest BCUT2D eigenvalue weighted by molar-refractivity contribution is 7.19. The number of fused-ring (bicyclic) bond motifs is 3. The van der Waals surface area contributed by atoms with Crippen LogP contribution in [0.2, 0.25) is 0 Å². The SMILES string of the molecule is Cc1ccc2c3ccccc3n(-c3ccc(-c4nc(-c5ccccc5)nc(-c5ccccc5)n4)c(-c4cccc([Si](c5ccccc5)(c5ccccc5)c5ccccc5)c4)c3)c2c1. The topological polar surface area (TPSA) is 43.6 Å². The summed E-state index contributed by atoms with van der Waals surface area (Å²) in [4.78, 5) is 15.6. The van der Waals surface area contributed by atoms with Gasteiger partial charge in [0.15, 0.2) is 25.5 Å². The maximum absolute atomic E-state index is 5.28. The molecule has 0 radical (unpaired) electrons. The van der Waals surface area contributed by atoms with Crippen LogP contribution in [-0.4, -0.2) is 27.6 Å². The molecule has 0 unspecified atom stereocenters. The second kappa shape index (κ2) is 16.1. The predicted molar refractivity (Wildman–Crippen MR) is 264 cm³/mol. The maximum Gasteiger partial charge on any atom is 0.179 e. The van der Waals surface area contributed by atoms with Crippen LogP contribution in [0.3, 0.4) is 0 Å². The summed E-state index contributed by atoms with van der Waals surface area (Å²) in [5.74, 6) is 1.87. The summed E-state index contributed by atoms with van der Waals surface area (Å²) in [7, 11) is -2.86. The van der Waals surface area contributed by atoms with Crippen molar-refractivity contribution in [2.45, 2.75) is 6.92 Å². The van der Waals surface area contributed by atoms with E-state index >= 15 is 0 Å². The first-order valence-corrected chi connectivity index (χ1v) is 23.4. The van der Waals surface area contributed by atoms with Gasteiger partial charge in [0.1, 0.15) is 0 Å². The number of nitrogens with zero attached hydrogens (tertiary/aromatic N) is 4. The number of aromatic nitrogens is 4. The van der Waals surface area contributed by atoms with Crippen molar-refractivity contribution in [3.8, 4) is 51.0 Å². The second-order valence-corrected chi connectivity index (χ2v) is 19.9. The minimum Gasteiger partial charge on any atom is -0.309 e. The van der Waals surface area contributed by atoms with Crippen LogP contribution in [0.1, 0.15) is 5.56 Å². The number of rotatable bonds is 9. The third-order valence-electron chi connectivity index (χ3n) is 12.3. The van der Waals surface area contributed by atoms with Crippen LogP contribution in [0.4, 0.5) is 0 Å². The van der Waals surface area contributed by atoms with Gasteiger partial charge in [0.2, 0.25) is 0 Å². The summed E-state index contributed by atoms with van der Waals surface area (Å²) >= 11 is 0. The third kappa shape index (κ3) is 6.76. The predicted octanol–water partition coefficient (Wildman–Crippen LogP) is 11.3. The number of hydrogen-bond acceptors (Lipinski definition) is 3. The van der Waals surface area contributed by atoms with Crippen molar-refractivity contribution in [1.82, 2.24) is 19.5 Å². The summed E-state index contributed by atoms with van der Waals surface area (Å²) in [5, 5.41) is 7.72. The maximum atomic E-state index is 5.28. The lowest BCUT2D eigenvalue weighted by molar-refractivity contribution is 1.07. The van der Waals surface area contributed by atoms with E-state index in [9.17, 15) is 0 Å². The van der Waals surface area contributed by atoms with Crippen LogP contribution in [0, 0.1) is 6.92 Å².